The van der Waals surface area contributed by atoms with E-state index < -0.39 is 6.04 Å². The Morgan fingerprint density at radius 3 is 2.60 bits per heavy atom. The Kier molecular flexibility index (Phi) is 7.70. The fourth-order valence-electron chi connectivity index (χ4n) is 3.98. The normalized spacial score (nSPS) is 14.8. The topological polar surface area (TPSA) is 87.5 Å². The highest BCUT2D eigenvalue weighted by atomic mass is 16.5. The predicted molar refractivity (Wildman–Crippen MR) is 133 cm³/mol. The van der Waals surface area contributed by atoms with Gasteiger partial charge >= 0.3 is 5.97 Å². The first-order chi connectivity index (χ1) is 17.0. The van der Waals surface area contributed by atoms with Crippen LogP contribution in [0.2, 0.25) is 0 Å². The zero-order valence-electron chi connectivity index (χ0n) is 20.7. The molecule has 1 aliphatic heterocycles. The summed E-state index contributed by atoms with van der Waals surface area (Å²) in [5.74, 6) is 1.44. The molecule has 3 aromatic rings. The number of nitrogens with zero attached hydrogens (tertiary/aromatic N) is 3. The third-order valence-corrected chi connectivity index (χ3v) is 5.84. The smallest absolute Gasteiger partial charge is 0.338 e. The molecule has 0 aliphatic carbocycles. The van der Waals surface area contributed by atoms with Crippen LogP contribution in [0, 0.1) is 6.92 Å². The van der Waals surface area contributed by atoms with Gasteiger partial charge < -0.3 is 19.5 Å². The molecule has 8 nitrogen and oxygen atoms in total. The van der Waals surface area contributed by atoms with Crippen LogP contribution in [0.1, 0.15) is 56.3 Å². The molecular formula is C27H32N4O4. The third kappa shape index (κ3) is 5.48. The van der Waals surface area contributed by atoms with Crippen molar-refractivity contribution in [1.82, 2.24) is 14.8 Å². The van der Waals surface area contributed by atoms with Crippen molar-refractivity contribution in [2.45, 2.75) is 53.2 Å². The van der Waals surface area contributed by atoms with E-state index in [1.807, 2.05) is 32.0 Å². The molecule has 0 spiro atoms. The van der Waals surface area contributed by atoms with Gasteiger partial charge in [-0.1, -0.05) is 49.2 Å². The quantitative estimate of drug-likeness (QED) is 0.318. The van der Waals surface area contributed by atoms with Crippen molar-refractivity contribution in [2.24, 2.45) is 0 Å². The number of fused-ring (bicyclic) bond motifs is 1. The second-order valence-corrected chi connectivity index (χ2v) is 8.50. The lowest BCUT2D eigenvalue weighted by atomic mass is 9.95. The van der Waals surface area contributed by atoms with E-state index in [0.29, 0.717) is 48.5 Å². The molecule has 35 heavy (non-hydrogen) atoms. The van der Waals surface area contributed by atoms with Gasteiger partial charge in [-0.15, -0.1) is 0 Å². The molecule has 1 aliphatic rings. The van der Waals surface area contributed by atoms with Crippen LogP contribution in [-0.2, 0) is 16.1 Å². The Morgan fingerprint density at radius 1 is 1.06 bits per heavy atom. The monoisotopic (exact) mass is 476 g/mol. The summed E-state index contributed by atoms with van der Waals surface area (Å²) in [6.45, 7) is 9.17. The van der Waals surface area contributed by atoms with Gasteiger partial charge in [0.1, 0.15) is 19.0 Å². The molecule has 2 aromatic carbocycles. The van der Waals surface area contributed by atoms with Crippen molar-refractivity contribution >= 4 is 11.9 Å². The zero-order valence-corrected chi connectivity index (χ0v) is 20.7. The number of allylic oxidation sites excluding steroid dienone is 1. The van der Waals surface area contributed by atoms with Crippen LogP contribution < -0.4 is 14.8 Å². The summed E-state index contributed by atoms with van der Waals surface area (Å²) >= 11 is 0. The summed E-state index contributed by atoms with van der Waals surface area (Å²) in [5, 5.41) is 7.56. The number of hydrogen-bond acceptors (Lipinski definition) is 7. The van der Waals surface area contributed by atoms with Gasteiger partial charge in [0.05, 0.1) is 18.8 Å². The summed E-state index contributed by atoms with van der Waals surface area (Å²) in [6.07, 6.45) is 3.23. The van der Waals surface area contributed by atoms with Crippen LogP contribution in [-0.4, -0.2) is 33.9 Å². The first kappa shape index (κ1) is 24.3. The van der Waals surface area contributed by atoms with Gasteiger partial charge in [0.15, 0.2) is 11.5 Å². The number of benzene rings is 2. The van der Waals surface area contributed by atoms with Crippen LogP contribution >= 0.6 is 0 Å². The molecule has 0 saturated carbocycles. The van der Waals surface area contributed by atoms with E-state index in [-0.39, 0.29) is 5.97 Å². The van der Waals surface area contributed by atoms with E-state index in [9.17, 15) is 4.79 Å². The molecule has 1 aromatic heterocycles. The minimum absolute atomic E-state index is 0.368. The number of aryl methyl sites for hydroxylation is 1. The number of nitrogens with one attached hydrogen (secondary N) is 1. The van der Waals surface area contributed by atoms with E-state index >= 15 is 0 Å². The van der Waals surface area contributed by atoms with Gasteiger partial charge in [0, 0.05) is 5.70 Å². The number of esters is 1. The van der Waals surface area contributed by atoms with Crippen LogP contribution in [0.15, 0.2) is 60.1 Å². The number of anilines is 1. The second-order valence-electron chi connectivity index (χ2n) is 8.50. The number of unbranched alkanes of at least 4 members (excludes halogenated alkanes) is 1. The van der Waals surface area contributed by atoms with E-state index in [0.717, 1.165) is 24.0 Å². The molecule has 8 heteroatoms. The standard InChI is InChI=1S/C27H32N4O4/c1-5-7-14-34-26(32)24-19(4)30-27-28-17-29-31(27)25(24)21-12-13-22(23(15-21)33-6-2)35-16-20-10-8-18(3)9-11-20/h8-13,15,17,25H,5-7,14,16H2,1-4H3,(H,28,29,30). The minimum atomic E-state index is -0.506. The third-order valence-electron chi connectivity index (χ3n) is 5.84. The Hall–Kier alpha value is -3.81. The summed E-state index contributed by atoms with van der Waals surface area (Å²) < 4.78 is 19.3. The van der Waals surface area contributed by atoms with E-state index in [4.69, 9.17) is 14.2 Å². The summed E-state index contributed by atoms with van der Waals surface area (Å²) in [5.41, 5.74) is 4.29. The maximum atomic E-state index is 13.1. The van der Waals surface area contributed by atoms with Crippen molar-refractivity contribution in [1.29, 1.82) is 0 Å². The molecule has 0 saturated heterocycles. The number of rotatable bonds is 10. The summed E-state index contributed by atoms with van der Waals surface area (Å²) in [7, 11) is 0. The number of carbonyl (C=O) groups excluding carboxylic acids is 1. The van der Waals surface area contributed by atoms with E-state index in [2.05, 4.69) is 53.5 Å². The lowest BCUT2D eigenvalue weighted by Crippen LogP contribution is -2.29. The van der Waals surface area contributed by atoms with Crippen molar-refractivity contribution in [3.8, 4) is 11.5 Å². The van der Waals surface area contributed by atoms with Crippen molar-refractivity contribution in [3.63, 3.8) is 0 Å². The number of aromatic nitrogens is 3. The molecule has 2 heterocycles. The Labute approximate surface area is 205 Å². The maximum absolute atomic E-state index is 13.1. The van der Waals surface area contributed by atoms with Crippen LogP contribution in [0.3, 0.4) is 0 Å². The molecule has 1 N–H and O–H groups in total. The Balaban J connectivity index is 1.66. The molecule has 0 amide bonds. The second kappa shape index (κ2) is 11.1. The molecule has 0 bridgehead atoms. The largest absolute Gasteiger partial charge is 0.490 e. The average Bonchev–Trinajstić information content (AvgIpc) is 3.31. The van der Waals surface area contributed by atoms with Crippen molar-refractivity contribution in [3.05, 3.63) is 76.8 Å². The number of hydrogen-bond donors (Lipinski definition) is 1. The fraction of sp³-hybridized carbons (Fsp3) is 0.370. The highest BCUT2D eigenvalue weighted by molar-refractivity contribution is 5.92. The molecular weight excluding hydrogens is 444 g/mol. The van der Waals surface area contributed by atoms with E-state index in [1.54, 1.807) is 4.68 Å². The van der Waals surface area contributed by atoms with Crippen molar-refractivity contribution < 1.29 is 19.0 Å². The lowest BCUT2D eigenvalue weighted by Gasteiger charge is -2.28. The molecule has 1 atom stereocenters. The van der Waals surface area contributed by atoms with Gasteiger partial charge in [-0.25, -0.2) is 9.48 Å². The zero-order chi connectivity index (χ0) is 24.8. The Bertz CT molecular complexity index is 1200. The highest BCUT2D eigenvalue weighted by Gasteiger charge is 2.34. The number of ether oxygens (including phenoxy) is 3. The van der Waals surface area contributed by atoms with Crippen LogP contribution in [0.25, 0.3) is 0 Å². The predicted octanol–water partition coefficient (Wildman–Crippen LogP) is 5.20. The lowest BCUT2D eigenvalue weighted by molar-refractivity contribution is -0.139. The maximum Gasteiger partial charge on any atom is 0.338 e. The van der Waals surface area contributed by atoms with E-state index in [1.165, 1.54) is 11.9 Å². The van der Waals surface area contributed by atoms with Crippen LogP contribution in [0.5, 0.6) is 11.5 Å². The molecule has 0 radical (unpaired) electrons. The first-order valence-electron chi connectivity index (χ1n) is 12.0. The molecule has 4 rings (SSSR count). The summed E-state index contributed by atoms with van der Waals surface area (Å²) in [4.78, 5) is 17.4. The SMILES string of the molecule is CCCCOC(=O)C1=C(C)Nc2ncnn2C1c1ccc(OCc2ccc(C)cc2)c(OCC)c1. The van der Waals surface area contributed by atoms with Gasteiger partial charge in [-0.3, -0.25) is 0 Å². The molecule has 1 unspecified atom stereocenters. The van der Waals surface area contributed by atoms with Gasteiger partial charge in [-0.05, 0) is 50.5 Å². The fourth-order valence-corrected chi connectivity index (χ4v) is 3.98. The first-order valence-corrected chi connectivity index (χ1v) is 12.0. The number of carbonyl (C=O) groups is 1. The Morgan fingerprint density at radius 2 is 1.86 bits per heavy atom. The molecule has 184 valence electrons. The minimum Gasteiger partial charge on any atom is -0.490 e. The van der Waals surface area contributed by atoms with Gasteiger partial charge in [0.2, 0.25) is 5.95 Å². The highest BCUT2D eigenvalue weighted by Crippen LogP contribution is 2.39. The van der Waals surface area contributed by atoms with Crippen LogP contribution in [0.4, 0.5) is 5.95 Å². The molecule has 0 fully saturated rings. The summed E-state index contributed by atoms with van der Waals surface area (Å²) in [6, 6.07) is 13.4. The van der Waals surface area contributed by atoms with Gasteiger partial charge in [-0.2, -0.15) is 10.1 Å². The average molecular weight is 477 g/mol. The van der Waals surface area contributed by atoms with Gasteiger partial charge in [0.25, 0.3) is 0 Å². The van der Waals surface area contributed by atoms with Crippen molar-refractivity contribution in [2.75, 3.05) is 18.5 Å².